The molecule has 27 heavy (non-hydrogen) atoms. The SMILES string of the molecule is Oc1cccc(CC(F)(F)F)c1.Oc1cccc(CC(F)(F)F)c1.[Cl-].[Cl-].[Zr+2]. The van der Waals surface area contributed by atoms with Crippen LogP contribution in [0.15, 0.2) is 48.5 Å². The summed E-state index contributed by atoms with van der Waals surface area (Å²) in [6.07, 6.45) is -10.4. The molecular weight excluding hydrogens is 500 g/mol. The summed E-state index contributed by atoms with van der Waals surface area (Å²) in [6, 6.07) is 10.3. The molecule has 0 atom stereocenters. The van der Waals surface area contributed by atoms with Crippen molar-refractivity contribution < 1.29 is 87.6 Å². The van der Waals surface area contributed by atoms with Gasteiger partial charge >= 0.3 is 38.6 Å². The van der Waals surface area contributed by atoms with Gasteiger partial charge in [-0.2, -0.15) is 26.3 Å². The maximum absolute atomic E-state index is 11.8. The van der Waals surface area contributed by atoms with Crippen LogP contribution in [0.1, 0.15) is 11.1 Å². The van der Waals surface area contributed by atoms with Crippen LogP contribution in [-0.2, 0) is 39.0 Å². The van der Waals surface area contributed by atoms with Crippen LogP contribution in [0.3, 0.4) is 0 Å². The number of hydrogen-bond donors (Lipinski definition) is 2. The molecule has 0 radical (unpaired) electrons. The topological polar surface area (TPSA) is 40.5 Å². The molecule has 2 aromatic carbocycles. The van der Waals surface area contributed by atoms with Crippen molar-refractivity contribution in [2.24, 2.45) is 0 Å². The molecule has 11 heteroatoms. The number of benzene rings is 2. The van der Waals surface area contributed by atoms with Gasteiger partial charge in [-0.25, -0.2) is 0 Å². The fourth-order valence-corrected chi connectivity index (χ4v) is 1.80. The first-order chi connectivity index (χ1) is 10.9. The first kappa shape index (κ1) is 30.8. The summed E-state index contributed by atoms with van der Waals surface area (Å²) in [6.45, 7) is 0. The second-order valence-corrected chi connectivity index (χ2v) is 4.92. The molecule has 2 nitrogen and oxygen atoms in total. The van der Waals surface area contributed by atoms with Crippen LogP contribution >= 0.6 is 0 Å². The maximum atomic E-state index is 11.8. The Balaban J connectivity index is -0.000000384. The molecule has 0 aliphatic heterocycles. The molecule has 0 aliphatic carbocycles. The van der Waals surface area contributed by atoms with Crippen molar-refractivity contribution in [1.82, 2.24) is 0 Å². The van der Waals surface area contributed by atoms with E-state index in [1.54, 1.807) is 0 Å². The number of phenols is 2. The van der Waals surface area contributed by atoms with Crippen LogP contribution in [0.2, 0.25) is 0 Å². The molecule has 0 amide bonds. The van der Waals surface area contributed by atoms with Crippen molar-refractivity contribution >= 4 is 0 Å². The van der Waals surface area contributed by atoms with Crippen molar-refractivity contribution in [2.75, 3.05) is 0 Å². The van der Waals surface area contributed by atoms with Gasteiger partial charge < -0.3 is 35.0 Å². The summed E-state index contributed by atoms with van der Waals surface area (Å²) in [7, 11) is 0. The fourth-order valence-electron chi connectivity index (χ4n) is 1.80. The molecule has 0 saturated carbocycles. The van der Waals surface area contributed by atoms with Crippen molar-refractivity contribution in [3.05, 3.63) is 59.7 Å². The molecule has 0 bridgehead atoms. The van der Waals surface area contributed by atoms with Gasteiger partial charge in [0.05, 0.1) is 12.8 Å². The zero-order chi connectivity index (χ0) is 18.4. The Morgan fingerprint density at radius 1 is 0.630 bits per heavy atom. The molecule has 0 fully saturated rings. The van der Waals surface area contributed by atoms with Gasteiger partial charge in [0.1, 0.15) is 11.5 Å². The van der Waals surface area contributed by atoms with E-state index in [0.29, 0.717) is 0 Å². The average molecular weight is 514 g/mol. The molecule has 2 rings (SSSR count). The Morgan fingerprint density at radius 2 is 0.926 bits per heavy atom. The molecular formula is C16H14Cl2F6O2Zr. The number of rotatable bonds is 2. The van der Waals surface area contributed by atoms with E-state index in [-0.39, 0.29) is 73.6 Å². The van der Waals surface area contributed by atoms with Crippen LogP contribution in [0.5, 0.6) is 11.5 Å². The van der Waals surface area contributed by atoms with E-state index in [1.165, 1.54) is 36.4 Å². The standard InChI is InChI=1S/2C8H7F3O.2ClH.Zr/c2*9-8(10,11)5-6-2-1-3-7(12)4-6;;;/h2*1-4,12H,5H2;2*1H;/q;;;;+2/p-2. The number of aromatic hydroxyl groups is 2. The van der Waals surface area contributed by atoms with E-state index in [0.717, 1.165) is 12.1 Å². The van der Waals surface area contributed by atoms with Crippen LogP contribution in [0, 0.1) is 0 Å². The fraction of sp³-hybridized carbons (Fsp3) is 0.250. The second-order valence-electron chi connectivity index (χ2n) is 4.92. The van der Waals surface area contributed by atoms with E-state index in [2.05, 4.69) is 0 Å². The molecule has 0 saturated heterocycles. The number of alkyl halides is 6. The molecule has 150 valence electrons. The van der Waals surface area contributed by atoms with Gasteiger partial charge in [0.25, 0.3) is 0 Å². The second kappa shape index (κ2) is 13.3. The minimum absolute atomic E-state index is 0. The van der Waals surface area contributed by atoms with Gasteiger partial charge in [-0.15, -0.1) is 0 Å². The van der Waals surface area contributed by atoms with Gasteiger partial charge in [-0.3, -0.25) is 0 Å². The zero-order valence-electron chi connectivity index (χ0n) is 13.5. The maximum Gasteiger partial charge on any atom is 2.00 e. The monoisotopic (exact) mass is 512 g/mol. The van der Waals surface area contributed by atoms with Crippen molar-refractivity contribution in [1.29, 1.82) is 0 Å². The smallest absolute Gasteiger partial charge is 1.00 e. The molecule has 0 spiro atoms. The number of hydrogen-bond acceptors (Lipinski definition) is 2. The molecule has 0 aromatic heterocycles. The van der Waals surface area contributed by atoms with Gasteiger partial charge in [0, 0.05) is 0 Å². The van der Waals surface area contributed by atoms with Crippen molar-refractivity contribution in [3.8, 4) is 11.5 Å². The summed E-state index contributed by atoms with van der Waals surface area (Å²) in [5, 5.41) is 17.7. The predicted molar refractivity (Wildman–Crippen MR) is 75.7 cm³/mol. The van der Waals surface area contributed by atoms with Crippen LogP contribution in [0.4, 0.5) is 26.3 Å². The van der Waals surface area contributed by atoms with Gasteiger partial charge in [-0.05, 0) is 35.4 Å². The summed E-state index contributed by atoms with van der Waals surface area (Å²) < 4.78 is 70.7. The van der Waals surface area contributed by atoms with E-state index < -0.39 is 25.2 Å². The molecule has 2 aromatic rings. The van der Waals surface area contributed by atoms with Crippen LogP contribution in [-0.4, -0.2) is 22.6 Å². The Bertz CT molecular complexity index is 608. The molecule has 0 unspecified atom stereocenters. The molecule has 2 N–H and O–H groups in total. The first-order valence-corrected chi connectivity index (χ1v) is 6.64. The minimum Gasteiger partial charge on any atom is -1.00 e. The minimum atomic E-state index is -4.21. The Kier molecular flexibility index (Phi) is 15.2. The Morgan fingerprint density at radius 3 is 1.15 bits per heavy atom. The van der Waals surface area contributed by atoms with Gasteiger partial charge in [0.2, 0.25) is 0 Å². The first-order valence-electron chi connectivity index (χ1n) is 6.64. The normalized spacial score (nSPS) is 10.3. The Hall–Kier alpha value is -0.917. The molecule has 0 heterocycles. The largest absolute Gasteiger partial charge is 2.00 e. The quantitative estimate of drug-likeness (QED) is 0.506. The van der Waals surface area contributed by atoms with Crippen molar-refractivity contribution in [2.45, 2.75) is 25.2 Å². The Labute approximate surface area is 183 Å². The predicted octanol–water partition coefficient (Wildman–Crippen LogP) is -1.00. The van der Waals surface area contributed by atoms with Crippen LogP contribution in [0.25, 0.3) is 0 Å². The number of phenolic OH excluding ortho intramolecular Hbond substituents is 2. The summed E-state index contributed by atoms with van der Waals surface area (Å²) in [4.78, 5) is 0. The van der Waals surface area contributed by atoms with Crippen molar-refractivity contribution in [3.63, 3.8) is 0 Å². The van der Waals surface area contributed by atoms with E-state index in [1.807, 2.05) is 0 Å². The van der Waals surface area contributed by atoms with E-state index in [4.69, 9.17) is 10.2 Å². The summed E-state index contributed by atoms with van der Waals surface area (Å²) in [5.74, 6) is -0.284. The van der Waals surface area contributed by atoms with Gasteiger partial charge in [0.15, 0.2) is 0 Å². The third kappa shape index (κ3) is 15.8. The average Bonchev–Trinajstić information content (AvgIpc) is 2.35. The summed E-state index contributed by atoms with van der Waals surface area (Å²) in [5.41, 5.74) is 0.144. The summed E-state index contributed by atoms with van der Waals surface area (Å²) >= 11 is 0. The van der Waals surface area contributed by atoms with E-state index in [9.17, 15) is 26.3 Å². The third-order valence-electron chi connectivity index (χ3n) is 2.63. The zero-order valence-corrected chi connectivity index (χ0v) is 17.4. The molecule has 0 aliphatic rings. The van der Waals surface area contributed by atoms with Crippen LogP contribution < -0.4 is 24.8 Å². The van der Waals surface area contributed by atoms with E-state index >= 15 is 0 Å². The number of halogens is 8. The third-order valence-corrected chi connectivity index (χ3v) is 2.63. The van der Waals surface area contributed by atoms with Gasteiger partial charge in [-0.1, -0.05) is 24.3 Å².